The highest BCUT2D eigenvalue weighted by Crippen LogP contribution is 2.43. The predicted octanol–water partition coefficient (Wildman–Crippen LogP) is 2.84. The van der Waals surface area contributed by atoms with Crippen molar-refractivity contribution in [2.45, 2.75) is 37.8 Å². The summed E-state index contributed by atoms with van der Waals surface area (Å²) in [4.78, 5) is 0. The second-order valence-electron chi connectivity index (χ2n) is 4.72. The molecule has 1 aliphatic carbocycles. The molecule has 0 radical (unpaired) electrons. The Labute approximate surface area is 97.8 Å². The minimum atomic E-state index is -4.08. The SMILES string of the molecule is Cn1nc(C2CCCC(C(F)(F)F)C2)cc1N. The van der Waals surface area contributed by atoms with Crippen LogP contribution in [0.15, 0.2) is 6.07 Å². The number of hydrogen-bond acceptors (Lipinski definition) is 2. The average Bonchev–Trinajstić information content (AvgIpc) is 2.58. The maximum atomic E-state index is 12.7. The maximum absolute atomic E-state index is 12.7. The Hall–Kier alpha value is -1.20. The Morgan fingerprint density at radius 1 is 1.41 bits per heavy atom. The molecule has 0 aliphatic heterocycles. The van der Waals surface area contributed by atoms with E-state index in [-0.39, 0.29) is 18.8 Å². The Morgan fingerprint density at radius 2 is 2.12 bits per heavy atom. The summed E-state index contributed by atoms with van der Waals surface area (Å²) >= 11 is 0. The van der Waals surface area contributed by atoms with Crippen molar-refractivity contribution in [1.29, 1.82) is 0 Å². The maximum Gasteiger partial charge on any atom is 0.391 e. The normalized spacial score (nSPS) is 26.1. The summed E-state index contributed by atoms with van der Waals surface area (Å²) < 4.78 is 39.5. The number of nitrogens with zero attached hydrogens (tertiary/aromatic N) is 2. The Balaban J connectivity index is 2.12. The number of aryl methyl sites for hydroxylation is 1. The molecule has 96 valence electrons. The zero-order valence-corrected chi connectivity index (χ0v) is 9.67. The summed E-state index contributed by atoms with van der Waals surface area (Å²) in [6.45, 7) is 0. The van der Waals surface area contributed by atoms with Gasteiger partial charge in [0, 0.05) is 19.0 Å². The molecule has 0 spiro atoms. The zero-order chi connectivity index (χ0) is 12.6. The first-order chi connectivity index (χ1) is 7.88. The van der Waals surface area contributed by atoms with Crippen molar-refractivity contribution in [3.05, 3.63) is 11.8 Å². The fourth-order valence-corrected chi connectivity index (χ4v) is 2.46. The summed E-state index contributed by atoms with van der Waals surface area (Å²) in [7, 11) is 1.70. The first kappa shape index (κ1) is 12.3. The number of aromatic nitrogens is 2. The topological polar surface area (TPSA) is 43.8 Å². The molecule has 1 heterocycles. The molecule has 17 heavy (non-hydrogen) atoms. The van der Waals surface area contributed by atoms with E-state index in [0.717, 1.165) is 6.42 Å². The van der Waals surface area contributed by atoms with E-state index >= 15 is 0 Å². The van der Waals surface area contributed by atoms with Gasteiger partial charge in [-0.05, 0) is 19.3 Å². The third-order valence-corrected chi connectivity index (χ3v) is 3.49. The summed E-state index contributed by atoms with van der Waals surface area (Å²) in [6, 6.07) is 1.68. The van der Waals surface area contributed by atoms with Gasteiger partial charge in [0.05, 0.1) is 11.6 Å². The minimum absolute atomic E-state index is 0.112. The third kappa shape index (κ3) is 2.56. The monoisotopic (exact) mass is 247 g/mol. The number of rotatable bonds is 1. The first-order valence-electron chi connectivity index (χ1n) is 5.74. The van der Waals surface area contributed by atoms with Crippen LogP contribution in [0.3, 0.4) is 0 Å². The van der Waals surface area contributed by atoms with E-state index in [9.17, 15) is 13.2 Å². The summed E-state index contributed by atoms with van der Waals surface area (Å²) in [5.74, 6) is -0.808. The molecule has 0 aromatic carbocycles. The van der Waals surface area contributed by atoms with Crippen LogP contribution in [0, 0.1) is 5.92 Å². The van der Waals surface area contributed by atoms with Gasteiger partial charge >= 0.3 is 6.18 Å². The van der Waals surface area contributed by atoms with Crippen molar-refractivity contribution >= 4 is 5.82 Å². The average molecular weight is 247 g/mol. The fraction of sp³-hybridized carbons (Fsp3) is 0.727. The van der Waals surface area contributed by atoms with Gasteiger partial charge < -0.3 is 5.73 Å². The summed E-state index contributed by atoms with van der Waals surface area (Å²) in [6.07, 6.45) is -2.34. The Morgan fingerprint density at radius 3 is 2.65 bits per heavy atom. The molecule has 2 atom stereocenters. The van der Waals surface area contributed by atoms with Crippen LogP contribution in [-0.4, -0.2) is 16.0 Å². The molecule has 0 saturated heterocycles. The zero-order valence-electron chi connectivity index (χ0n) is 9.67. The van der Waals surface area contributed by atoms with Crippen LogP contribution in [0.1, 0.15) is 37.3 Å². The number of anilines is 1. The molecule has 3 nitrogen and oxygen atoms in total. The molecule has 1 saturated carbocycles. The highest BCUT2D eigenvalue weighted by Gasteiger charge is 2.42. The van der Waals surface area contributed by atoms with Crippen LogP contribution < -0.4 is 5.73 Å². The summed E-state index contributed by atoms with van der Waals surface area (Å²) in [5.41, 5.74) is 6.34. The van der Waals surface area contributed by atoms with E-state index in [1.807, 2.05) is 0 Å². The van der Waals surface area contributed by atoms with E-state index < -0.39 is 12.1 Å². The Kier molecular flexibility index (Phi) is 3.05. The van der Waals surface area contributed by atoms with Gasteiger partial charge in [-0.15, -0.1) is 0 Å². The minimum Gasteiger partial charge on any atom is -0.384 e. The van der Waals surface area contributed by atoms with Gasteiger partial charge in [-0.1, -0.05) is 6.42 Å². The quantitative estimate of drug-likeness (QED) is 0.829. The number of alkyl halides is 3. The van der Waals surface area contributed by atoms with Crippen LogP contribution in [0.4, 0.5) is 19.0 Å². The standard InChI is InChI=1S/C11H16F3N3/c1-17-10(15)6-9(16-17)7-3-2-4-8(5-7)11(12,13)14/h6-8H,2-5,15H2,1H3. The lowest BCUT2D eigenvalue weighted by Crippen LogP contribution is -2.28. The number of halogens is 3. The van der Waals surface area contributed by atoms with E-state index in [0.29, 0.717) is 17.9 Å². The second-order valence-corrected chi connectivity index (χ2v) is 4.72. The van der Waals surface area contributed by atoms with Crippen molar-refractivity contribution in [1.82, 2.24) is 9.78 Å². The number of hydrogen-bond donors (Lipinski definition) is 1. The molecule has 0 amide bonds. The molecule has 2 unspecified atom stereocenters. The van der Waals surface area contributed by atoms with Gasteiger partial charge in [-0.2, -0.15) is 18.3 Å². The molecule has 1 aliphatic rings. The van der Waals surface area contributed by atoms with Crippen molar-refractivity contribution in [2.75, 3.05) is 5.73 Å². The summed E-state index contributed by atoms with van der Waals surface area (Å²) in [5, 5.41) is 4.17. The molecule has 2 N–H and O–H groups in total. The molecular formula is C11H16F3N3. The van der Waals surface area contributed by atoms with Gasteiger partial charge in [0.2, 0.25) is 0 Å². The lowest BCUT2D eigenvalue weighted by molar-refractivity contribution is -0.183. The lowest BCUT2D eigenvalue weighted by Gasteiger charge is -2.29. The van der Waals surface area contributed by atoms with Crippen LogP contribution >= 0.6 is 0 Å². The van der Waals surface area contributed by atoms with Crippen LogP contribution in [0.2, 0.25) is 0 Å². The van der Waals surface area contributed by atoms with E-state index in [4.69, 9.17) is 5.73 Å². The third-order valence-electron chi connectivity index (χ3n) is 3.49. The largest absolute Gasteiger partial charge is 0.391 e. The van der Waals surface area contributed by atoms with Crippen molar-refractivity contribution in [3.8, 4) is 0 Å². The van der Waals surface area contributed by atoms with E-state index in [2.05, 4.69) is 5.10 Å². The molecule has 6 heteroatoms. The van der Waals surface area contributed by atoms with Crippen LogP contribution in [0.5, 0.6) is 0 Å². The van der Waals surface area contributed by atoms with E-state index in [1.54, 1.807) is 13.1 Å². The highest BCUT2D eigenvalue weighted by atomic mass is 19.4. The van der Waals surface area contributed by atoms with Gasteiger partial charge in [0.25, 0.3) is 0 Å². The predicted molar refractivity (Wildman–Crippen MR) is 58.4 cm³/mol. The Bertz CT molecular complexity index is 378. The van der Waals surface area contributed by atoms with Crippen molar-refractivity contribution in [3.63, 3.8) is 0 Å². The molecule has 1 fully saturated rings. The molecule has 1 aromatic rings. The van der Waals surface area contributed by atoms with Gasteiger partial charge in [-0.3, -0.25) is 4.68 Å². The van der Waals surface area contributed by atoms with Gasteiger partial charge in [0.1, 0.15) is 5.82 Å². The number of nitrogens with two attached hydrogens (primary N) is 1. The molecule has 1 aromatic heterocycles. The lowest BCUT2D eigenvalue weighted by atomic mass is 9.79. The number of nitrogen functional groups attached to an aromatic ring is 1. The fourth-order valence-electron chi connectivity index (χ4n) is 2.46. The first-order valence-corrected chi connectivity index (χ1v) is 5.74. The smallest absolute Gasteiger partial charge is 0.384 e. The van der Waals surface area contributed by atoms with Crippen molar-refractivity contribution < 1.29 is 13.2 Å². The van der Waals surface area contributed by atoms with E-state index in [1.165, 1.54) is 4.68 Å². The molecule has 2 rings (SSSR count). The van der Waals surface area contributed by atoms with Crippen LogP contribution in [0.25, 0.3) is 0 Å². The highest BCUT2D eigenvalue weighted by molar-refractivity contribution is 5.32. The van der Waals surface area contributed by atoms with Crippen LogP contribution in [-0.2, 0) is 7.05 Å². The molecular weight excluding hydrogens is 231 g/mol. The van der Waals surface area contributed by atoms with Gasteiger partial charge in [0.15, 0.2) is 0 Å². The van der Waals surface area contributed by atoms with Gasteiger partial charge in [-0.25, -0.2) is 0 Å². The molecule has 0 bridgehead atoms. The second kappa shape index (κ2) is 4.23. The van der Waals surface area contributed by atoms with Crippen molar-refractivity contribution in [2.24, 2.45) is 13.0 Å².